The first kappa shape index (κ1) is 13.6. The van der Waals surface area contributed by atoms with Crippen molar-refractivity contribution < 1.29 is 5.11 Å². The Kier molecular flexibility index (Phi) is 3.78. The average molecular weight is 307 g/mol. The van der Waals surface area contributed by atoms with E-state index in [0.717, 1.165) is 28.0 Å². The number of hydrogen-bond acceptors (Lipinski definition) is 3. The van der Waals surface area contributed by atoms with Crippen LogP contribution in [0.2, 0.25) is 5.02 Å². The zero-order chi connectivity index (χ0) is 14.1. The molecule has 0 radical (unpaired) electrons. The molecule has 0 aliphatic heterocycles. The lowest BCUT2D eigenvalue weighted by Gasteiger charge is -2.06. The van der Waals surface area contributed by atoms with Gasteiger partial charge in [0.05, 0.1) is 22.3 Å². The largest absolute Gasteiger partial charge is 0.387 e. The highest BCUT2D eigenvalue weighted by molar-refractivity contribution is 7.10. The van der Waals surface area contributed by atoms with E-state index in [1.807, 2.05) is 28.3 Å². The van der Waals surface area contributed by atoms with Gasteiger partial charge in [-0.3, -0.25) is 4.68 Å². The summed E-state index contributed by atoms with van der Waals surface area (Å²) in [5, 5.41) is 18.6. The molecule has 0 spiro atoms. The third-order valence-corrected chi connectivity index (χ3v) is 4.72. The summed E-state index contributed by atoms with van der Waals surface area (Å²) in [7, 11) is 0. The highest BCUT2D eigenvalue weighted by Crippen LogP contribution is 2.29. The molecule has 0 saturated carbocycles. The van der Waals surface area contributed by atoms with Gasteiger partial charge in [-0.2, -0.15) is 5.10 Å². The second kappa shape index (κ2) is 5.56. The molecule has 3 aromatic rings. The fourth-order valence-electron chi connectivity index (χ4n) is 2.37. The summed E-state index contributed by atoms with van der Waals surface area (Å²) in [5.41, 5.74) is 2.04. The zero-order valence-electron chi connectivity index (χ0n) is 11.1. The van der Waals surface area contributed by atoms with Crippen molar-refractivity contribution in [1.82, 2.24) is 9.78 Å². The van der Waals surface area contributed by atoms with Gasteiger partial charge in [-0.25, -0.2) is 0 Å². The summed E-state index contributed by atoms with van der Waals surface area (Å²) >= 11 is 7.39. The minimum absolute atomic E-state index is 0.504. The summed E-state index contributed by atoms with van der Waals surface area (Å²) in [4.78, 5) is 0.880. The van der Waals surface area contributed by atoms with Crippen LogP contribution in [0.3, 0.4) is 0 Å². The van der Waals surface area contributed by atoms with E-state index in [1.54, 1.807) is 0 Å². The Hall–Kier alpha value is -1.36. The van der Waals surface area contributed by atoms with Crippen molar-refractivity contribution in [2.75, 3.05) is 0 Å². The van der Waals surface area contributed by atoms with E-state index in [9.17, 15) is 5.11 Å². The maximum absolute atomic E-state index is 10.3. The fourth-order valence-corrected chi connectivity index (χ4v) is 3.44. The Balaban J connectivity index is 1.94. The maximum atomic E-state index is 10.3. The van der Waals surface area contributed by atoms with Crippen LogP contribution in [-0.2, 0) is 13.0 Å². The number of aromatic nitrogens is 2. The van der Waals surface area contributed by atoms with Crippen LogP contribution in [0.1, 0.15) is 23.6 Å². The van der Waals surface area contributed by atoms with E-state index in [0.29, 0.717) is 11.4 Å². The van der Waals surface area contributed by atoms with Crippen LogP contribution < -0.4 is 0 Å². The standard InChI is InChI=1S/C15H15ClN2OS/c1-2-18-13-6-4-3-5-11(13)12(17-18)8-14(19)15-7-10(16)9-20-15/h3-7,9,14,19H,2,8H2,1H3. The van der Waals surface area contributed by atoms with Crippen LogP contribution >= 0.6 is 22.9 Å². The number of nitrogens with zero attached hydrogens (tertiary/aromatic N) is 2. The van der Waals surface area contributed by atoms with Gasteiger partial charge in [-0.15, -0.1) is 11.3 Å². The minimum Gasteiger partial charge on any atom is -0.387 e. The van der Waals surface area contributed by atoms with Crippen LogP contribution in [0.15, 0.2) is 35.7 Å². The van der Waals surface area contributed by atoms with Crippen LogP contribution in [0.4, 0.5) is 0 Å². The number of hydrogen-bond donors (Lipinski definition) is 1. The van der Waals surface area contributed by atoms with Gasteiger partial charge in [0.25, 0.3) is 0 Å². The molecule has 3 nitrogen and oxygen atoms in total. The summed E-state index contributed by atoms with van der Waals surface area (Å²) in [6, 6.07) is 9.94. The van der Waals surface area contributed by atoms with Gasteiger partial charge >= 0.3 is 0 Å². The molecule has 5 heteroatoms. The molecule has 1 aromatic carbocycles. The second-order valence-corrected chi connectivity index (χ2v) is 6.05. The fraction of sp³-hybridized carbons (Fsp3) is 0.267. The highest BCUT2D eigenvalue weighted by atomic mass is 35.5. The number of thiophene rings is 1. The number of benzene rings is 1. The lowest BCUT2D eigenvalue weighted by Crippen LogP contribution is -2.02. The van der Waals surface area contributed by atoms with E-state index in [4.69, 9.17) is 11.6 Å². The number of fused-ring (bicyclic) bond motifs is 1. The van der Waals surface area contributed by atoms with Gasteiger partial charge in [0.1, 0.15) is 0 Å². The van der Waals surface area contributed by atoms with Gasteiger partial charge in [0, 0.05) is 28.6 Å². The molecular formula is C15H15ClN2OS. The number of para-hydroxylation sites is 1. The van der Waals surface area contributed by atoms with Gasteiger partial charge in [-0.1, -0.05) is 29.8 Å². The third-order valence-electron chi connectivity index (χ3n) is 3.34. The van der Waals surface area contributed by atoms with Crippen molar-refractivity contribution in [3.8, 4) is 0 Å². The zero-order valence-corrected chi connectivity index (χ0v) is 12.7. The number of halogens is 1. The van der Waals surface area contributed by atoms with Crippen LogP contribution in [-0.4, -0.2) is 14.9 Å². The lowest BCUT2D eigenvalue weighted by atomic mass is 10.1. The second-order valence-electron chi connectivity index (χ2n) is 4.67. The van der Waals surface area contributed by atoms with Crippen molar-refractivity contribution >= 4 is 33.8 Å². The Morgan fingerprint density at radius 3 is 2.90 bits per heavy atom. The van der Waals surface area contributed by atoms with Gasteiger partial charge < -0.3 is 5.11 Å². The van der Waals surface area contributed by atoms with E-state index in [1.165, 1.54) is 11.3 Å². The molecule has 0 amide bonds. The van der Waals surface area contributed by atoms with Crippen molar-refractivity contribution in [3.05, 3.63) is 51.3 Å². The Morgan fingerprint density at radius 1 is 1.40 bits per heavy atom. The van der Waals surface area contributed by atoms with E-state index < -0.39 is 6.10 Å². The Morgan fingerprint density at radius 2 is 2.20 bits per heavy atom. The first-order valence-electron chi connectivity index (χ1n) is 6.55. The van der Waals surface area contributed by atoms with E-state index >= 15 is 0 Å². The van der Waals surface area contributed by atoms with Crippen LogP contribution in [0.5, 0.6) is 0 Å². The lowest BCUT2D eigenvalue weighted by molar-refractivity contribution is 0.181. The van der Waals surface area contributed by atoms with Gasteiger partial charge in [-0.05, 0) is 19.1 Å². The maximum Gasteiger partial charge on any atom is 0.0938 e. The topological polar surface area (TPSA) is 38.0 Å². The Labute approximate surface area is 126 Å². The van der Waals surface area contributed by atoms with Crippen molar-refractivity contribution in [1.29, 1.82) is 0 Å². The molecule has 3 rings (SSSR count). The predicted molar refractivity (Wildman–Crippen MR) is 83.4 cm³/mol. The molecule has 1 N–H and O–H groups in total. The van der Waals surface area contributed by atoms with Gasteiger partial charge in [0.15, 0.2) is 0 Å². The number of rotatable bonds is 4. The number of aliphatic hydroxyl groups excluding tert-OH is 1. The van der Waals surface area contributed by atoms with Gasteiger partial charge in [0.2, 0.25) is 0 Å². The van der Waals surface area contributed by atoms with E-state index in [-0.39, 0.29) is 0 Å². The molecule has 0 fully saturated rings. The van der Waals surface area contributed by atoms with Crippen LogP contribution in [0, 0.1) is 0 Å². The highest BCUT2D eigenvalue weighted by Gasteiger charge is 2.16. The minimum atomic E-state index is -0.559. The van der Waals surface area contributed by atoms with Crippen molar-refractivity contribution in [2.24, 2.45) is 0 Å². The quantitative estimate of drug-likeness (QED) is 0.789. The monoisotopic (exact) mass is 306 g/mol. The first-order valence-corrected chi connectivity index (χ1v) is 7.81. The van der Waals surface area contributed by atoms with Crippen molar-refractivity contribution in [2.45, 2.75) is 26.0 Å². The molecule has 0 saturated heterocycles. The number of aryl methyl sites for hydroxylation is 1. The molecule has 104 valence electrons. The third kappa shape index (κ3) is 2.46. The molecule has 1 atom stereocenters. The molecule has 20 heavy (non-hydrogen) atoms. The molecule has 0 aliphatic rings. The van der Waals surface area contributed by atoms with E-state index in [2.05, 4.69) is 24.2 Å². The molecule has 2 aromatic heterocycles. The molecule has 1 unspecified atom stereocenters. The smallest absolute Gasteiger partial charge is 0.0938 e. The number of aliphatic hydroxyl groups is 1. The Bertz CT molecular complexity index is 734. The predicted octanol–water partition coefficient (Wildman–Crippen LogP) is 4.05. The summed E-state index contributed by atoms with van der Waals surface area (Å²) in [6.07, 6.45) is -0.0548. The molecule has 2 heterocycles. The SMILES string of the molecule is CCn1nc(CC(O)c2cc(Cl)cs2)c2ccccc21. The van der Waals surface area contributed by atoms with Crippen LogP contribution in [0.25, 0.3) is 10.9 Å². The average Bonchev–Trinajstić information content (AvgIpc) is 3.03. The normalized spacial score (nSPS) is 12.9. The van der Waals surface area contributed by atoms with Crippen molar-refractivity contribution in [3.63, 3.8) is 0 Å². The first-order chi connectivity index (χ1) is 9.69. The molecular weight excluding hydrogens is 292 g/mol. The molecule has 0 bridgehead atoms. The molecule has 0 aliphatic carbocycles. The summed E-state index contributed by atoms with van der Waals surface area (Å²) < 4.78 is 1.97. The summed E-state index contributed by atoms with van der Waals surface area (Å²) in [5.74, 6) is 0. The summed E-state index contributed by atoms with van der Waals surface area (Å²) in [6.45, 7) is 2.89.